The van der Waals surface area contributed by atoms with Gasteiger partial charge in [-0.3, -0.25) is 0 Å². The molecule has 2 rings (SSSR count). The lowest BCUT2D eigenvalue weighted by molar-refractivity contribution is 0.416. The highest BCUT2D eigenvalue weighted by Gasteiger charge is 2.28. The van der Waals surface area contributed by atoms with E-state index in [1.54, 1.807) is 7.11 Å². The van der Waals surface area contributed by atoms with Gasteiger partial charge in [0.25, 0.3) is 0 Å². The van der Waals surface area contributed by atoms with Crippen molar-refractivity contribution >= 4 is 18.1 Å². The van der Waals surface area contributed by atoms with Gasteiger partial charge in [0.15, 0.2) is 0 Å². The summed E-state index contributed by atoms with van der Waals surface area (Å²) in [7, 11) is 1.71. The van der Waals surface area contributed by atoms with Crippen LogP contribution < -0.4 is 10.1 Å². The zero-order valence-corrected chi connectivity index (χ0v) is 10.0. The van der Waals surface area contributed by atoms with Crippen LogP contribution >= 0.6 is 12.4 Å². The number of methoxy groups -OCH3 is 1. The molecule has 15 heavy (non-hydrogen) atoms. The molecule has 1 unspecified atom stereocenters. The van der Waals surface area contributed by atoms with Crippen molar-refractivity contribution in [2.75, 3.05) is 12.4 Å². The van der Waals surface area contributed by atoms with Crippen molar-refractivity contribution in [3.05, 3.63) is 24.3 Å². The van der Waals surface area contributed by atoms with E-state index >= 15 is 0 Å². The van der Waals surface area contributed by atoms with Crippen molar-refractivity contribution in [2.24, 2.45) is 5.92 Å². The van der Waals surface area contributed by atoms with Crippen LogP contribution in [0.15, 0.2) is 24.3 Å². The average molecular weight is 228 g/mol. The number of hydrogen-bond donors (Lipinski definition) is 1. The second kappa shape index (κ2) is 5.26. The highest BCUT2D eigenvalue weighted by atomic mass is 35.5. The van der Waals surface area contributed by atoms with E-state index in [0.29, 0.717) is 6.04 Å². The fourth-order valence-electron chi connectivity index (χ4n) is 1.72. The molecule has 1 aliphatic carbocycles. The van der Waals surface area contributed by atoms with Gasteiger partial charge in [-0.25, -0.2) is 0 Å². The molecular weight excluding hydrogens is 210 g/mol. The molecule has 1 aliphatic rings. The summed E-state index contributed by atoms with van der Waals surface area (Å²) >= 11 is 0. The van der Waals surface area contributed by atoms with Crippen molar-refractivity contribution in [2.45, 2.75) is 25.8 Å². The molecule has 1 N–H and O–H groups in total. The average Bonchev–Trinajstić information content (AvgIpc) is 3.02. The Bertz CT molecular complexity index is 312. The molecule has 2 nitrogen and oxygen atoms in total. The maximum Gasteiger partial charge on any atom is 0.141 e. The first-order valence-electron chi connectivity index (χ1n) is 5.21. The molecule has 0 radical (unpaired) electrons. The molecule has 0 saturated heterocycles. The summed E-state index contributed by atoms with van der Waals surface area (Å²) in [4.78, 5) is 0. The molecule has 1 aromatic rings. The number of ether oxygens (including phenoxy) is 1. The fourth-order valence-corrected chi connectivity index (χ4v) is 1.72. The van der Waals surface area contributed by atoms with Gasteiger partial charge in [-0.2, -0.15) is 0 Å². The van der Waals surface area contributed by atoms with Gasteiger partial charge in [0, 0.05) is 6.04 Å². The van der Waals surface area contributed by atoms with Gasteiger partial charge in [-0.05, 0) is 37.8 Å². The molecule has 1 aromatic carbocycles. The van der Waals surface area contributed by atoms with Crippen LogP contribution in [0, 0.1) is 5.92 Å². The van der Waals surface area contributed by atoms with Crippen LogP contribution in [0.5, 0.6) is 5.75 Å². The monoisotopic (exact) mass is 227 g/mol. The first kappa shape index (κ1) is 12.2. The zero-order valence-electron chi connectivity index (χ0n) is 9.19. The van der Waals surface area contributed by atoms with Crippen LogP contribution in [0.25, 0.3) is 0 Å². The predicted molar refractivity (Wildman–Crippen MR) is 66.1 cm³/mol. The Morgan fingerprint density at radius 1 is 1.33 bits per heavy atom. The van der Waals surface area contributed by atoms with Crippen LogP contribution in [0.1, 0.15) is 19.8 Å². The van der Waals surface area contributed by atoms with Crippen LogP contribution in [0.4, 0.5) is 5.69 Å². The van der Waals surface area contributed by atoms with Crippen molar-refractivity contribution < 1.29 is 4.74 Å². The quantitative estimate of drug-likeness (QED) is 0.852. The van der Waals surface area contributed by atoms with E-state index in [1.807, 2.05) is 18.2 Å². The molecule has 0 bridgehead atoms. The minimum absolute atomic E-state index is 0. The maximum absolute atomic E-state index is 5.28. The van der Waals surface area contributed by atoms with Gasteiger partial charge in [0.05, 0.1) is 12.8 Å². The largest absolute Gasteiger partial charge is 0.495 e. The Labute approximate surface area is 97.4 Å². The Hall–Kier alpha value is -0.890. The van der Waals surface area contributed by atoms with E-state index < -0.39 is 0 Å². The number of hydrogen-bond acceptors (Lipinski definition) is 2. The Kier molecular flexibility index (Phi) is 4.28. The summed E-state index contributed by atoms with van der Waals surface area (Å²) in [6.45, 7) is 2.24. The first-order valence-corrected chi connectivity index (χ1v) is 5.21. The number of para-hydroxylation sites is 2. The van der Waals surface area contributed by atoms with Crippen molar-refractivity contribution in [1.82, 2.24) is 0 Å². The fraction of sp³-hybridized carbons (Fsp3) is 0.500. The highest BCUT2D eigenvalue weighted by molar-refractivity contribution is 5.85. The Morgan fingerprint density at radius 3 is 2.60 bits per heavy atom. The van der Waals surface area contributed by atoms with Crippen LogP contribution in [0.3, 0.4) is 0 Å². The smallest absolute Gasteiger partial charge is 0.141 e. The van der Waals surface area contributed by atoms with Crippen LogP contribution in [-0.2, 0) is 0 Å². The number of rotatable bonds is 4. The molecule has 1 saturated carbocycles. The normalized spacial score (nSPS) is 16.4. The van der Waals surface area contributed by atoms with Gasteiger partial charge in [-0.1, -0.05) is 12.1 Å². The number of benzene rings is 1. The second-order valence-corrected chi connectivity index (χ2v) is 3.97. The SMILES string of the molecule is COc1ccccc1NC(C)C1CC1.Cl. The molecule has 0 spiro atoms. The predicted octanol–water partition coefficient (Wildman–Crippen LogP) is 3.33. The van der Waals surface area contributed by atoms with E-state index in [0.717, 1.165) is 17.4 Å². The highest BCUT2D eigenvalue weighted by Crippen LogP contribution is 2.35. The molecule has 0 aliphatic heterocycles. The summed E-state index contributed by atoms with van der Waals surface area (Å²) < 4.78 is 5.28. The summed E-state index contributed by atoms with van der Waals surface area (Å²) in [5.41, 5.74) is 1.11. The molecule has 0 heterocycles. The van der Waals surface area contributed by atoms with Crippen molar-refractivity contribution in [3.8, 4) is 5.75 Å². The molecule has 1 atom stereocenters. The third kappa shape index (κ3) is 3.03. The summed E-state index contributed by atoms with van der Waals surface area (Å²) in [5, 5.41) is 3.50. The van der Waals surface area contributed by atoms with Gasteiger partial charge in [-0.15, -0.1) is 12.4 Å². The first-order chi connectivity index (χ1) is 6.81. The third-order valence-electron chi connectivity index (χ3n) is 2.82. The summed E-state index contributed by atoms with van der Waals surface area (Å²) in [6.07, 6.45) is 2.73. The molecule has 3 heteroatoms. The van der Waals surface area contributed by atoms with Gasteiger partial charge >= 0.3 is 0 Å². The van der Waals surface area contributed by atoms with Gasteiger partial charge in [0.1, 0.15) is 5.75 Å². The number of nitrogens with one attached hydrogen (secondary N) is 1. The molecular formula is C12H18ClNO. The maximum atomic E-state index is 5.28. The Balaban J connectivity index is 0.00000112. The van der Waals surface area contributed by atoms with E-state index in [2.05, 4.69) is 18.3 Å². The van der Waals surface area contributed by atoms with Gasteiger partial charge < -0.3 is 10.1 Å². The Morgan fingerprint density at radius 2 is 2.00 bits per heavy atom. The minimum atomic E-state index is 0. The summed E-state index contributed by atoms with van der Waals surface area (Å²) in [6, 6.07) is 8.64. The van der Waals surface area contributed by atoms with E-state index in [4.69, 9.17) is 4.74 Å². The van der Waals surface area contributed by atoms with Crippen LogP contribution in [-0.4, -0.2) is 13.2 Å². The van der Waals surface area contributed by atoms with Gasteiger partial charge in [0.2, 0.25) is 0 Å². The molecule has 0 amide bonds. The minimum Gasteiger partial charge on any atom is -0.495 e. The number of anilines is 1. The topological polar surface area (TPSA) is 21.3 Å². The standard InChI is InChI=1S/C12H17NO.ClH/c1-9(10-7-8-10)13-11-5-3-4-6-12(11)14-2;/h3-6,9-10,13H,7-8H2,1-2H3;1H. The third-order valence-corrected chi connectivity index (χ3v) is 2.82. The van der Waals surface area contributed by atoms with Crippen molar-refractivity contribution in [1.29, 1.82) is 0 Å². The molecule has 1 fully saturated rings. The summed E-state index contributed by atoms with van der Waals surface area (Å²) in [5.74, 6) is 1.79. The lowest BCUT2D eigenvalue weighted by Gasteiger charge is -2.16. The van der Waals surface area contributed by atoms with Crippen molar-refractivity contribution in [3.63, 3.8) is 0 Å². The number of halogens is 1. The van der Waals surface area contributed by atoms with E-state index in [-0.39, 0.29) is 12.4 Å². The lowest BCUT2D eigenvalue weighted by Crippen LogP contribution is -2.17. The van der Waals surface area contributed by atoms with E-state index in [9.17, 15) is 0 Å². The molecule has 0 aromatic heterocycles. The lowest BCUT2D eigenvalue weighted by atomic mass is 10.2. The molecule has 84 valence electrons. The second-order valence-electron chi connectivity index (χ2n) is 3.97. The van der Waals surface area contributed by atoms with E-state index in [1.165, 1.54) is 12.8 Å². The van der Waals surface area contributed by atoms with Crippen LogP contribution in [0.2, 0.25) is 0 Å². The zero-order chi connectivity index (χ0) is 9.97.